The van der Waals surface area contributed by atoms with E-state index in [-0.39, 0.29) is 5.60 Å². The summed E-state index contributed by atoms with van der Waals surface area (Å²) >= 11 is 0. The van der Waals surface area contributed by atoms with Gasteiger partial charge >= 0.3 is 0 Å². The van der Waals surface area contributed by atoms with Gasteiger partial charge in [0.05, 0.1) is 0 Å². The third kappa shape index (κ3) is 6.26. The molecule has 0 aromatic carbocycles. The fourth-order valence-corrected chi connectivity index (χ4v) is 2.39. The lowest BCUT2D eigenvalue weighted by atomic mass is 10.2. The SMILES string of the molecule is CCC[SiH](N)OC(C)(C)C. The Kier molecular flexibility index (Phi) is 4.16. The largest absolute Gasteiger partial charge is 0.401 e. The van der Waals surface area contributed by atoms with Crippen LogP contribution in [-0.4, -0.2) is 14.8 Å². The van der Waals surface area contributed by atoms with Crippen molar-refractivity contribution in [2.24, 2.45) is 5.40 Å². The van der Waals surface area contributed by atoms with Crippen LogP contribution in [-0.2, 0) is 4.43 Å². The maximum atomic E-state index is 5.79. The van der Waals surface area contributed by atoms with E-state index in [9.17, 15) is 0 Å². The first kappa shape index (κ1) is 10.1. The summed E-state index contributed by atoms with van der Waals surface area (Å²) in [4.78, 5) is 0. The lowest BCUT2D eigenvalue weighted by molar-refractivity contribution is 0.128. The maximum absolute atomic E-state index is 5.79. The van der Waals surface area contributed by atoms with Gasteiger partial charge in [0.1, 0.15) is 0 Å². The van der Waals surface area contributed by atoms with Crippen LogP contribution >= 0.6 is 0 Å². The summed E-state index contributed by atoms with van der Waals surface area (Å²) in [5, 5.41) is 5.79. The van der Waals surface area contributed by atoms with E-state index in [4.69, 9.17) is 9.83 Å². The van der Waals surface area contributed by atoms with E-state index in [2.05, 4.69) is 27.7 Å². The molecule has 0 spiro atoms. The number of nitrogens with two attached hydrogens (primary N) is 1. The molecule has 0 rings (SSSR count). The van der Waals surface area contributed by atoms with Crippen molar-refractivity contribution >= 4 is 9.20 Å². The van der Waals surface area contributed by atoms with Crippen LogP contribution in [0.5, 0.6) is 0 Å². The van der Waals surface area contributed by atoms with Crippen molar-refractivity contribution in [3.8, 4) is 0 Å². The fraction of sp³-hybridized carbons (Fsp3) is 1.00. The third-order valence-corrected chi connectivity index (χ3v) is 3.23. The summed E-state index contributed by atoms with van der Waals surface area (Å²) in [6.45, 7) is 8.29. The molecular formula is C7H19NOSi. The average molecular weight is 161 g/mol. The number of hydrogen-bond donors (Lipinski definition) is 1. The smallest absolute Gasteiger partial charge is 0.250 e. The Morgan fingerprint density at radius 1 is 1.40 bits per heavy atom. The van der Waals surface area contributed by atoms with Crippen molar-refractivity contribution in [1.82, 2.24) is 0 Å². The Hall–Kier alpha value is 0.137. The first-order valence-corrected chi connectivity index (χ1v) is 5.84. The molecule has 0 aliphatic carbocycles. The van der Waals surface area contributed by atoms with Crippen molar-refractivity contribution in [2.75, 3.05) is 0 Å². The van der Waals surface area contributed by atoms with Gasteiger partial charge in [-0.3, -0.25) is 0 Å². The maximum Gasteiger partial charge on any atom is 0.250 e. The zero-order valence-electron chi connectivity index (χ0n) is 7.48. The molecule has 0 radical (unpaired) electrons. The van der Waals surface area contributed by atoms with Gasteiger partial charge in [-0.25, -0.2) is 0 Å². The molecule has 0 aromatic rings. The van der Waals surface area contributed by atoms with Crippen LogP contribution in [0.1, 0.15) is 34.1 Å². The molecule has 1 unspecified atom stereocenters. The molecule has 1 atom stereocenters. The zero-order valence-corrected chi connectivity index (χ0v) is 8.63. The van der Waals surface area contributed by atoms with Gasteiger partial charge in [-0.1, -0.05) is 13.3 Å². The monoisotopic (exact) mass is 161 g/mol. The summed E-state index contributed by atoms with van der Waals surface area (Å²) < 4.78 is 5.59. The van der Waals surface area contributed by atoms with Gasteiger partial charge < -0.3 is 9.83 Å². The van der Waals surface area contributed by atoms with E-state index in [1.54, 1.807) is 0 Å². The summed E-state index contributed by atoms with van der Waals surface area (Å²) in [6, 6.07) is 1.08. The fourth-order valence-electron chi connectivity index (χ4n) is 0.798. The molecular weight excluding hydrogens is 142 g/mol. The average Bonchev–Trinajstić information content (AvgIpc) is 1.59. The van der Waals surface area contributed by atoms with Gasteiger partial charge in [0.25, 0.3) is 0 Å². The summed E-state index contributed by atoms with van der Waals surface area (Å²) in [7, 11) is -1.33. The van der Waals surface area contributed by atoms with Crippen molar-refractivity contribution < 1.29 is 4.43 Å². The molecule has 0 aromatic heterocycles. The summed E-state index contributed by atoms with van der Waals surface area (Å²) in [6.07, 6.45) is 1.14. The molecule has 0 aliphatic rings. The molecule has 2 nitrogen and oxygen atoms in total. The first-order valence-electron chi connectivity index (χ1n) is 3.89. The molecule has 10 heavy (non-hydrogen) atoms. The second kappa shape index (κ2) is 4.11. The Morgan fingerprint density at radius 2 is 1.90 bits per heavy atom. The van der Waals surface area contributed by atoms with Crippen LogP contribution in [0.4, 0.5) is 0 Å². The van der Waals surface area contributed by atoms with Gasteiger partial charge in [-0.2, -0.15) is 0 Å². The topological polar surface area (TPSA) is 35.2 Å². The van der Waals surface area contributed by atoms with Gasteiger partial charge in [0.15, 0.2) is 0 Å². The Labute approximate surface area is 65.6 Å². The van der Waals surface area contributed by atoms with Gasteiger partial charge in [-0.05, 0) is 26.8 Å². The van der Waals surface area contributed by atoms with Gasteiger partial charge in [0.2, 0.25) is 9.20 Å². The Balaban J connectivity index is 3.47. The van der Waals surface area contributed by atoms with Crippen LogP contribution in [0, 0.1) is 0 Å². The normalized spacial score (nSPS) is 15.3. The highest BCUT2D eigenvalue weighted by atomic mass is 28.3. The molecule has 62 valence electrons. The van der Waals surface area contributed by atoms with Gasteiger partial charge in [0, 0.05) is 5.60 Å². The second-order valence-corrected chi connectivity index (χ2v) is 5.45. The zero-order chi connectivity index (χ0) is 8.20. The van der Waals surface area contributed by atoms with E-state index in [1.807, 2.05) is 0 Å². The highest BCUT2D eigenvalue weighted by Crippen LogP contribution is 2.08. The Morgan fingerprint density at radius 3 is 2.20 bits per heavy atom. The molecule has 0 fully saturated rings. The third-order valence-electron chi connectivity index (χ3n) is 1.08. The van der Waals surface area contributed by atoms with E-state index in [0.717, 1.165) is 12.5 Å². The van der Waals surface area contributed by atoms with Crippen molar-refractivity contribution in [3.05, 3.63) is 0 Å². The minimum atomic E-state index is -1.33. The predicted molar refractivity (Wildman–Crippen MR) is 47.3 cm³/mol. The molecule has 2 N–H and O–H groups in total. The van der Waals surface area contributed by atoms with E-state index in [0.29, 0.717) is 0 Å². The lowest BCUT2D eigenvalue weighted by Crippen LogP contribution is -2.37. The van der Waals surface area contributed by atoms with E-state index < -0.39 is 9.20 Å². The van der Waals surface area contributed by atoms with Crippen LogP contribution in [0.25, 0.3) is 0 Å². The lowest BCUT2D eigenvalue weighted by Gasteiger charge is -2.23. The quantitative estimate of drug-likeness (QED) is 0.635. The minimum Gasteiger partial charge on any atom is -0.401 e. The van der Waals surface area contributed by atoms with Crippen molar-refractivity contribution in [1.29, 1.82) is 0 Å². The van der Waals surface area contributed by atoms with Crippen LogP contribution < -0.4 is 5.40 Å². The van der Waals surface area contributed by atoms with E-state index in [1.165, 1.54) is 0 Å². The second-order valence-electron chi connectivity index (χ2n) is 3.56. The molecule has 0 bridgehead atoms. The number of rotatable bonds is 3. The predicted octanol–water partition coefficient (Wildman–Crippen LogP) is 1.39. The highest BCUT2D eigenvalue weighted by Gasteiger charge is 2.15. The van der Waals surface area contributed by atoms with Crippen molar-refractivity contribution in [3.63, 3.8) is 0 Å². The van der Waals surface area contributed by atoms with Gasteiger partial charge in [-0.15, -0.1) is 0 Å². The van der Waals surface area contributed by atoms with Crippen LogP contribution in [0.3, 0.4) is 0 Å². The molecule has 3 heteroatoms. The Bertz CT molecular complexity index is 90.1. The van der Waals surface area contributed by atoms with Crippen LogP contribution in [0.2, 0.25) is 6.04 Å². The first-order chi connectivity index (χ1) is 4.45. The standard InChI is InChI=1S/C7H19NOSi/c1-5-6-10(8)9-7(2,3)4/h10H,5-6,8H2,1-4H3. The van der Waals surface area contributed by atoms with E-state index >= 15 is 0 Å². The number of hydrogen-bond acceptors (Lipinski definition) is 2. The summed E-state index contributed by atoms with van der Waals surface area (Å²) in [5.41, 5.74) is -0.0409. The van der Waals surface area contributed by atoms with Crippen molar-refractivity contribution in [2.45, 2.75) is 45.8 Å². The molecule has 0 amide bonds. The highest BCUT2D eigenvalue weighted by molar-refractivity contribution is 6.47. The molecule has 0 aliphatic heterocycles. The molecule has 0 saturated carbocycles. The minimum absolute atomic E-state index is 0.0409. The summed E-state index contributed by atoms with van der Waals surface area (Å²) in [5.74, 6) is 0. The molecule has 0 heterocycles. The molecule has 0 saturated heterocycles. The van der Waals surface area contributed by atoms with Crippen LogP contribution in [0.15, 0.2) is 0 Å².